The van der Waals surface area contributed by atoms with E-state index in [2.05, 4.69) is 16.1 Å². The maximum Gasteiger partial charge on any atom is 0.254 e. The SMILES string of the molecule is O=C(NCCC1=CCCCC1)c1cc(S(=O)(=O)NCCc2ccccc2)ccc1F. The largest absolute Gasteiger partial charge is 0.352 e. The third-order valence-corrected chi connectivity index (χ3v) is 6.62. The Morgan fingerprint density at radius 2 is 1.80 bits per heavy atom. The first-order valence-corrected chi connectivity index (χ1v) is 11.7. The second-order valence-electron chi connectivity index (χ2n) is 7.39. The Balaban J connectivity index is 1.59. The van der Waals surface area contributed by atoms with E-state index in [0.29, 0.717) is 13.0 Å². The van der Waals surface area contributed by atoms with Crippen molar-refractivity contribution in [3.05, 3.63) is 77.1 Å². The van der Waals surface area contributed by atoms with Crippen molar-refractivity contribution < 1.29 is 17.6 Å². The number of rotatable bonds is 9. The molecule has 0 fully saturated rings. The van der Waals surface area contributed by atoms with Crippen LogP contribution in [0.2, 0.25) is 0 Å². The Morgan fingerprint density at radius 1 is 1.00 bits per heavy atom. The summed E-state index contributed by atoms with van der Waals surface area (Å²) in [6.07, 6.45) is 7.91. The first kappa shape index (κ1) is 22.2. The van der Waals surface area contributed by atoms with E-state index in [4.69, 9.17) is 0 Å². The summed E-state index contributed by atoms with van der Waals surface area (Å²) in [7, 11) is -3.85. The Kier molecular flexibility index (Phi) is 7.76. The van der Waals surface area contributed by atoms with E-state index in [0.717, 1.165) is 43.4 Å². The summed E-state index contributed by atoms with van der Waals surface area (Å²) in [6.45, 7) is 0.608. The number of nitrogens with one attached hydrogen (secondary N) is 2. The molecule has 0 unspecified atom stereocenters. The topological polar surface area (TPSA) is 75.3 Å². The minimum atomic E-state index is -3.85. The summed E-state index contributed by atoms with van der Waals surface area (Å²) in [6, 6.07) is 12.8. The fourth-order valence-electron chi connectivity index (χ4n) is 3.47. The van der Waals surface area contributed by atoms with Gasteiger partial charge in [0.05, 0.1) is 10.5 Å². The molecule has 0 bridgehead atoms. The predicted octanol–water partition coefficient (Wildman–Crippen LogP) is 3.97. The molecule has 1 amide bonds. The molecule has 7 heteroatoms. The van der Waals surface area contributed by atoms with E-state index in [1.54, 1.807) is 0 Å². The van der Waals surface area contributed by atoms with Crippen LogP contribution < -0.4 is 10.0 Å². The number of halogens is 1. The summed E-state index contributed by atoms with van der Waals surface area (Å²) in [4.78, 5) is 12.3. The lowest BCUT2D eigenvalue weighted by atomic mass is 9.97. The van der Waals surface area contributed by atoms with Gasteiger partial charge in [0.15, 0.2) is 0 Å². The number of benzene rings is 2. The van der Waals surface area contributed by atoms with Crippen LogP contribution in [0.4, 0.5) is 4.39 Å². The monoisotopic (exact) mass is 430 g/mol. The number of sulfonamides is 1. The molecule has 0 atom stereocenters. The number of hydrogen-bond acceptors (Lipinski definition) is 3. The predicted molar refractivity (Wildman–Crippen MR) is 115 cm³/mol. The van der Waals surface area contributed by atoms with E-state index >= 15 is 0 Å². The third-order valence-electron chi connectivity index (χ3n) is 5.16. The van der Waals surface area contributed by atoms with Crippen molar-refractivity contribution in [1.29, 1.82) is 0 Å². The van der Waals surface area contributed by atoms with Gasteiger partial charge in [0, 0.05) is 13.1 Å². The highest BCUT2D eigenvalue weighted by atomic mass is 32.2. The zero-order chi connectivity index (χ0) is 21.4. The van der Waals surface area contributed by atoms with E-state index in [1.165, 1.54) is 18.1 Å². The van der Waals surface area contributed by atoms with Crippen LogP contribution in [0.5, 0.6) is 0 Å². The molecule has 30 heavy (non-hydrogen) atoms. The zero-order valence-corrected chi connectivity index (χ0v) is 17.7. The lowest BCUT2D eigenvalue weighted by Gasteiger charge is -2.13. The van der Waals surface area contributed by atoms with Gasteiger partial charge < -0.3 is 5.32 Å². The number of hydrogen-bond donors (Lipinski definition) is 2. The van der Waals surface area contributed by atoms with Gasteiger partial charge in [0.25, 0.3) is 5.91 Å². The second-order valence-corrected chi connectivity index (χ2v) is 9.16. The maximum atomic E-state index is 14.2. The Labute approximate surface area is 177 Å². The zero-order valence-electron chi connectivity index (χ0n) is 16.9. The molecule has 1 aliphatic rings. The highest BCUT2D eigenvalue weighted by Gasteiger charge is 2.19. The van der Waals surface area contributed by atoms with Crippen molar-refractivity contribution in [1.82, 2.24) is 10.0 Å². The maximum absolute atomic E-state index is 14.2. The van der Waals surface area contributed by atoms with Crippen LogP contribution in [0.25, 0.3) is 0 Å². The summed E-state index contributed by atoms with van der Waals surface area (Å²) < 4.78 is 41.8. The molecule has 0 saturated heterocycles. The van der Waals surface area contributed by atoms with Crippen LogP contribution in [0, 0.1) is 5.82 Å². The highest BCUT2D eigenvalue weighted by Crippen LogP contribution is 2.20. The number of carbonyl (C=O) groups is 1. The molecule has 0 heterocycles. The van der Waals surface area contributed by atoms with Crippen LogP contribution in [-0.2, 0) is 16.4 Å². The molecule has 2 N–H and O–H groups in total. The van der Waals surface area contributed by atoms with E-state index < -0.39 is 21.7 Å². The summed E-state index contributed by atoms with van der Waals surface area (Å²) in [5.41, 5.74) is 2.05. The molecule has 5 nitrogen and oxygen atoms in total. The van der Waals surface area contributed by atoms with Gasteiger partial charge >= 0.3 is 0 Å². The average Bonchev–Trinajstić information content (AvgIpc) is 2.75. The van der Waals surface area contributed by atoms with Crippen LogP contribution in [0.15, 0.2) is 65.1 Å². The van der Waals surface area contributed by atoms with Crippen molar-refractivity contribution in [3.8, 4) is 0 Å². The van der Waals surface area contributed by atoms with Crippen LogP contribution in [0.1, 0.15) is 48.0 Å². The normalized spacial score (nSPS) is 14.2. The molecule has 3 rings (SSSR count). The fraction of sp³-hybridized carbons (Fsp3) is 0.348. The van der Waals surface area contributed by atoms with Gasteiger partial charge in [-0.15, -0.1) is 0 Å². The van der Waals surface area contributed by atoms with Crippen molar-refractivity contribution in [2.45, 2.75) is 43.4 Å². The van der Waals surface area contributed by atoms with Gasteiger partial charge in [-0.2, -0.15) is 0 Å². The van der Waals surface area contributed by atoms with Gasteiger partial charge in [-0.1, -0.05) is 42.0 Å². The van der Waals surface area contributed by atoms with Crippen molar-refractivity contribution in [2.75, 3.05) is 13.1 Å². The van der Waals surface area contributed by atoms with E-state index in [9.17, 15) is 17.6 Å². The lowest BCUT2D eigenvalue weighted by Crippen LogP contribution is -2.28. The van der Waals surface area contributed by atoms with Gasteiger partial charge in [-0.25, -0.2) is 17.5 Å². The first-order valence-electron chi connectivity index (χ1n) is 10.2. The summed E-state index contributed by atoms with van der Waals surface area (Å²) >= 11 is 0. The minimum absolute atomic E-state index is 0.128. The molecule has 0 aliphatic heterocycles. The Morgan fingerprint density at radius 3 is 2.53 bits per heavy atom. The molecule has 2 aromatic rings. The van der Waals surface area contributed by atoms with Crippen molar-refractivity contribution >= 4 is 15.9 Å². The minimum Gasteiger partial charge on any atom is -0.352 e. The lowest BCUT2D eigenvalue weighted by molar-refractivity contribution is 0.0949. The van der Waals surface area contributed by atoms with Gasteiger partial charge in [-0.05, 0) is 62.3 Å². The fourth-order valence-corrected chi connectivity index (χ4v) is 4.52. The molecule has 0 spiro atoms. The van der Waals surface area contributed by atoms with Crippen molar-refractivity contribution in [3.63, 3.8) is 0 Å². The number of amides is 1. The molecule has 0 radical (unpaired) electrons. The molecular formula is C23H27FN2O3S. The highest BCUT2D eigenvalue weighted by molar-refractivity contribution is 7.89. The van der Waals surface area contributed by atoms with Crippen LogP contribution in [-0.4, -0.2) is 27.4 Å². The summed E-state index contributed by atoms with van der Waals surface area (Å²) in [5, 5.41) is 2.70. The number of carbonyl (C=O) groups excluding carboxylic acids is 1. The molecule has 2 aromatic carbocycles. The Hall–Kier alpha value is -2.51. The van der Waals surface area contributed by atoms with Gasteiger partial charge in [0.2, 0.25) is 10.0 Å². The molecule has 0 aromatic heterocycles. The molecule has 1 aliphatic carbocycles. The third kappa shape index (κ3) is 6.24. The second kappa shape index (κ2) is 10.5. The summed E-state index contributed by atoms with van der Waals surface area (Å²) in [5.74, 6) is -1.35. The molecular weight excluding hydrogens is 403 g/mol. The van der Waals surface area contributed by atoms with Crippen LogP contribution >= 0.6 is 0 Å². The quantitative estimate of drug-likeness (QED) is 0.591. The van der Waals surface area contributed by atoms with Gasteiger partial charge in [0.1, 0.15) is 5.82 Å². The van der Waals surface area contributed by atoms with E-state index in [-0.39, 0.29) is 17.0 Å². The Bertz CT molecular complexity index is 1000. The standard InChI is InChI=1S/C23H27FN2O3S/c24-22-12-11-20(30(28,29)26-16-14-19-9-5-2-6-10-19)17-21(22)23(27)25-15-13-18-7-3-1-4-8-18/h2,5-7,9-12,17,26H,1,3-4,8,13-16H2,(H,25,27). The average molecular weight is 431 g/mol. The first-order chi connectivity index (χ1) is 14.5. The van der Waals surface area contributed by atoms with Crippen molar-refractivity contribution in [2.24, 2.45) is 0 Å². The molecule has 0 saturated carbocycles. The smallest absolute Gasteiger partial charge is 0.254 e. The molecule has 160 valence electrons. The number of allylic oxidation sites excluding steroid dienone is 1. The van der Waals surface area contributed by atoms with Gasteiger partial charge in [-0.3, -0.25) is 4.79 Å². The van der Waals surface area contributed by atoms with E-state index in [1.807, 2.05) is 30.3 Å². The van der Waals surface area contributed by atoms with Crippen LogP contribution in [0.3, 0.4) is 0 Å².